The molecule has 1 atom stereocenters. The van der Waals surface area contributed by atoms with Crippen molar-refractivity contribution in [3.8, 4) is 0 Å². The van der Waals surface area contributed by atoms with Crippen LogP contribution in [-0.4, -0.2) is 13.1 Å². The lowest BCUT2D eigenvalue weighted by atomic mass is 10.1. The van der Waals surface area contributed by atoms with Gasteiger partial charge in [-0.1, -0.05) is 30.3 Å². The molecule has 0 amide bonds. The van der Waals surface area contributed by atoms with Gasteiger partial charge in [0.15, 0.2) is 0 Å². The molecule has 0 fully saturated rings. The van der Waals surface area contributed by atoms with Gasteiger partial charge in [-0.3, -0.25) is 0 Å². The number of rotatable bonds is 4. The van der Waals surface area contributed by atoms with E-state index >= 15 is 0 Å². The topological polar surface area (TPSA) is 12.0 Å². The third kappa shape index (κ3) is 3.05. The summed E-state index contributed by atoms with van der Waals surface area (Å²) in [7, 11) is 2.01. The molecule has 66 valence electrons. The Morgan fingerprint density at radius 3 is 2.50 bits per heavy atom. The molecule has 0 unspecified atom stereocenters. The molecule has 12 heavy (non-hydrogen) atoms. The second-order valence-corrected chi connectivity index (χ2v) is 3.21. The van der Waals surface area contributed by atoms with Gasteiger partial charge >= 0.3 is 0 Å². The first kappa shape index (κ1) is 9.27. The Hall–Kier alpha value is -0.820. The smallest absolute Gasteiger partial charge is 0.00388 e. The Balaban J connectivity index is 2.33. The van der Waals surface area contributed by atoms with Gasteiger partial charge < -0.3 is 5.32 Å². The lowest BCUT2D eigenvalue weighted by Gasteiger charge is -2.08. The summed E-state index contributed by atoms with van der Waals surface area (Å²) in [5, 5.41) is 3.24. The van der Waals surface area contributed by atoms with Crippen LogP contribution >= 0.6 is 0 Å². The Labute approximate surface area is 74.8 Å². The maximum atomic E-state index is 3.24. The van der Waals surface area contributed by atoms with Crippen LogP contribution < -0.4 is 5.32 Å². The van der Waals surface area contributed by atoms with Crippen LogP contribution in [0.1, 0.15) is 18.9 Å². The summed E-state index contributed by atoms with van der Waals surface area (Å²) in [6.45, 7) is 2.21. The molecule has 0 aliphatic heterocycles. The highest BCUT2D eigenvalue weighted by atomic mass is 14.8. The molecule has 0 saturated heterocycles. The predicted molar refractivity (Wildman–Crippen MR) is 53.3 cm³/mol. The number of nitrogens with one attached hydrogen (secondary N) is 1. The van der Waals surface area contributed by atoms with Crippen LogP contribution in [-0.2, 0) is 6.42 Å². The van der Waals surface area contributed by atoms with Gasteiger partial charge in [-0.05, 0) is 32.4 Å². The Kier molecular flexibility index (Phi) is 3.81. The highest BCUT2D eigenvalue weighted by molar-refractivity contribution is 5.14. The molecule has 0 heterocycles. The largest absolute Gasteiger partial charge is 0.317 e. The summed E-state index contributed by atoms with van der Waals surface area (Å²) in [6.07, 6.45) is 2.38. The minimum absolute atomic E-state index is 0.616. The van der Waals surface area contributed by atoms with Gasteiger partial charge in [0.2, 0.25) is 0 Å². The Morgan fingerprint density at radius 1 is 1.25 bits per heavy atom. The van der Waals surface area contributed by atoms with E-state index in [2.05, 4.69) is 42.6 Å². The van der Waals surface area contributed by atoms with Crippen LogP contribution in [0.15, 0.2) is 30.3 Å². The normalized spacial score (nSPS) is 12.8. The first-order valence-electron chi connectivity index (χ1n) is 4.54. The molecule has 1 aromatic rings. The molecule has 0 aromatic heterocycles. The quantitative estimate of drug-likeness (QED) is 0.717. The molecular formula is C11H17N. The molecule has 0 aliphatic carbocycles. The maximum absolute atomic E-state index is 3.24. The van der Waals surface area contributed by atoms with Crippen molar-refractivity contribution in [1.29, 1.82) is 0 Å². The van der Waals surface area contributed by atoms with Gasteiger partial charge in [0.1, 0.15) is 0 Å². The fourth-order valence-corrected chi connectivity index (χ4v) is 1.17. The first-order valence-corrected chi connectivity index (χ1v) is 4.54. The zero-order valence-electron chi connectivity index (χ0n) is 7.88. The van der Waals surface area contributed by atoms with Crippen LogP contribution in [0.25, 0.3) is 0 Å². The molecule has 0 saturated carbocycles. The SMILES string of the molecule is CN[C@@H](C)CCc1ccccc1. The fourth-order valence-electron chi connectivity index (χ4n) is 1.17. The van der Waals surface area contributed by atoms with E-state index in [0.29, 0.717) is 6.04 Å². The average molecular weight is 163 g/mol. The molecule has 1 nitrogen and oxygen atoms in total. The van der Waals surface area contributed by atoms with Crippen LogP contribution in [0.5, 0.6) is 0 Å². The summed E-state index contributed by atoms with van der Waals surface area (Å²) in [6, 6.07) is 11.2. The van der Waals surface area contributed by atoms with Crippen LogP contribution in [0.2, 0.25) is 0 Å². The molecule has 0 aliphatic rings. The molecular weight excluding hydrogens is 146 g/mol. The summed E-state index contributed by atoms with van der Waals surface area (Å²) in [5.74, 6) is 0. The third-order valence-corrected chi connectivity index (χ3v) is 2.20. The van der Waals surface area contributed by atoms with Crippen molar-refractivity contribution >= 4 is 0 Å². The average Bonchev–Trinajstić information content (AvgIpc) is 2.16. The van der Waals surface area contributed by atoms with Crippen LogP contribution in [0.3, 0.4) is 0 Å². The minimum atomic E-state index is 0.616. The van der Waals surface area contributed by atoms with Crippen molar-refractivity contribution in [2.45, 2.75) is 25.8 Å². The van der Waals surface area contributed by atoms with E-state index in [1.165, 1.54) is 18.4 Å². The molecule has 0 spiro atoms. The van der Waals surface area contributed by atoms with Crippen molar-refractivity contribution in [3.05, 3.63) is 35.9 Å². The predicted octanol–water partition coefficient (Wildman–Crippen LogP) is 2.23. The van der Waals surface area contributed by atoms with Gasteiger partial charge in [0.05, 0.1) is 0 Å². The van der Waals surface area contributed by atoms with E-state index in [1.54, 1.807) is 0 Å². The van der Waals surface area contributed by atoms with Crippen molar-refractivity contribution in [3.63, 3.8) is 0 Å². The van der Waals surface area contributed by atoms with Gasteiger partial charge in [-0.25, -0.2) is 0 Å². The van der Waals surface area contributed by atoms with Gasteiger partial charge in [-0.15, -0.1) is 0 Å². The zero-order valence-corrected chi connectivity index (χ0v) is 7.88. The van der Waals surface area contributed by atoms with Crippen LogP contribution in [0, 0.1) is 0 Å². The van der Waals surface area contributed by atoms with Crippen molar-refractivity contribution in [2.24, 2.45) is 0 Å². The summed E-state index contributed by atoms with van der Waals surface area (Å²) in [4.78, 5) is 0. The molecule has 0 radical (unpaired) electrons. The fraction of sp³-hybridized carbons (Fsp3) is 0.455. The van der Waals surface area contributed by atoms with E-state index in [-0.39, 0.29) is 0 Å². The van der Waals surface area contributed by atoms with E-state index < -0.39 is 0 Å². The molecule has 1 heteroatoms. The van der Waals surface area contributed by atoms with Gasteiger partial charge in [0.25, 0.3) is 0 Å². The zero-order chi connectivity index (χ0) is 8.81. The second kappa shape index (κ2) is 4.94. The first-order chi connectivity index (χ1) is 5.83. The second-order valence-electron chi connectivity index (χ2n) is 3.21. The summed E-state index contributed by atoms with van der Waals surface area (Å²) < 4.78 is 0. The molecule has 1 rings (SSSR count). The summed E-state index contributed by atoms with van der Waals surface area (Å²) >= 11 is 0. The lowest BCUT2D eigenvalue weighted by Crippen LogP contribution is -2.21. The van der Waals surface area contributed by atoms with Gasteiger partial charge in [0, 0.05) is 6.04 Å². The van der Waals surface area contributed by atoms with Crippen molar-refractivity contribution < 1.29 is 0 Å². The van der Waals surface area contributed by atoms with E-state index in [4.69, 9.17) is 0 Å². The monoisotopic (exact) mass is 163 g/mol. The Bertz CT molecular complexity index is 206. The number of hydrogen-bond donors (Lipinski definition) is 1. The minimum Gasteiger partial charge on any atom is -0.317 e. The van der Waals surface area contributed by atoms with Crippen LogP contribution in [0.4, 0.5) is 0 Å². The maximum Gasteiger partial charge on any atom is 0.00388 e. The lowest BCUT2D eigenvalue weighted by molar-refractivity contribution is 0.565. The van der Waals surface area contributed by atoms with Crippen molar-refractivity contribution in [2.75, 3.05) is 7.05 Å². The number of hydrogen-bond acceptors (Lipinski definition) is 1. The highest BCUT2D eigenvalue weighted by Crippen LogP contribution is 2.03. The highest BCUT2D eigenvalue weighted by Gasteiger charge is 1.97. The standard InChI is InChI=1S/C11H17N/c1-10(12-2)8-9-11-6-4-3-5-7-11/h3-7,10,12H,8-9H2,1-2H3/t10-/m0/s1. The van der Waals surface area contributed by atoms with Gasteiger partial charge in [-0.2, -0.15) is 0 Å². The number of benzene rings is 1. The number of aryl methyl sites for hydroxylation is 1. The molecule has 1 aromatic carbocycles. The van der Waals surface area contributed by atoms with E-state index in [0.717, 1.165) is 0 Å². The third-order valence-electron chi connectivity index (χ3n) is 2.20. The summed E-state index contributed by atoms with van der Waals surface area (Å²) in [5.41, 5.74) is 1.43. The van der Waals surface area contributed by atoms with E-state index in [9.17, 15) is 0 Å². The van der Waals surface area contributed by atoms with E-state index in [1.807, 2.05) is 7.05 Å². The Morgan fingerprint density at radius 2 is 1.92 bits per heavy atom. The van der Waals surface area contributed by atoms with Crippen molar-refractivity contribution in [1.82, 2.24) is 5.32 Å². The molecule has 1 N–H and O–H groups in total. The molecule has 0 bridgehead atoms.